The summed E-state index contributed by atoms with van der Waals surface area (Å²) in [5.74, 6) is 1.23. The van der Waals surface area contributed by atoms with Crippen molar-refractivity contribution in [3.05, 3.63) is 11.6 Å². The highest BCUT2D eigenvalue weighted by atomic mass is 16.5. The van der Waals surface area contributed by atoms with Crippen LogP contribution in [-0.2, 0) is 4.74 Å². The van der Waals surface area contributed by atoms with Crippen LogP contribution in [0.3, 0.4) is 0 Å². The van der Waals surface area contributed by atoms with E-state index >= 15 is 0 Å². The summed E-state index contributed by atoms with van der Waals surface area (Å²) in [6.07, 6.45) is 4.98. The highest BCUT2D eigenvalue weighted by Crippen LogP contribution is 2.21. The number of rotatable bonds is 7. The predicted molar refractivity (Wildman–Crippen MR) is 71.4 cm³/mol. The van der Waals surface area contributed by atoms with Crippen LogP contribution < -0.4 is 5.73 Å². The SMILES string of the molecule is COC(C)C(/C=C(/C)[C@@H](C)N)CCC(C)C. The summed E-state index contributed by atoms with van der Waals surface area (Å²) in [5, 5.41) is 0. The third-order valence-electron chi connectivity index (χ3n) is 3.25. The van der Waals surface area contributed by atoms with Crippen LogP contribution in [0, 0.1) is 11.8 Å². The highest BCUT2D eigenvalue weighted by Gasteiger charge is 2.15. The molecule has 0 aliphatic carbocycles. The van der Waals surface area contributed by atoms with E-state index < -0.39 is 0 Å². The maximum absolute atomic E-state index is 5.87. The lowest BCUT2D eigenvalue weighted by atomic mass is 9.91. The van der Waals surface area contributed by atoms with Gasteiger partial charge in [-0.3, -0.25) is 0 Å². The van der Waals surface area contributed by atoms with Crippen LogP contribution >= 0.6 is 0 Å². The van der Waals surface area contributed by atoms with Crippen molar-refractivity contribution in [3.8, 4) is 0 Å². The van der Waals surface area contributed by atoms with Gasteiger partial charge in [0.15, 0.2) is 0 Å². The first kappa shape index (κ1) is 15.7. The fraction of sp³-hybridized carbons (Fsp3) is 0.857. The number of hydrogen-bond acceptors (Lipinski definition) is 2. The van der Waals surface area contributed by atoms with Crippen LogP contribution in [0.4, 0.5) is 0 Å². The molecule has 0 aliphatic heterocycles. The molecule has 0 bridgehead atoms. The first-order valence-corrected chi connectivity index (χ1v) is 6.35. The third-order valence-corrected chi connectivity index (χ3v) is 3.25. The van der Waals surface area contributed by atoms with Crippen molar-refractivity contribution in [2.24, 2.45) is 17.6 Å². The van der Waals surface area contributed by atoms with Gasteiger partial charge >= 0.3 is 0 Å². The Bertz CT molecular complexity index is 209. The fourth-order valence-corrected chi connectivity index (χ4v) is 1.64. The summed E-state index contributed by atoms with van der Waals surface area (Å²) in [6, 6.07) is 0.144. The van der Waals surface area contributed by atoms with Gasteiger partial charge < -0.3 is 10.5 Å². The average molecular weight is 227 g/mol. The van der Waals surface area contributed by atoms with Crippen molar-refractivity contribution in [3.63, 3.8) is 0 Å². The van der Waals surface area contributed by atoms with Gasteiger partial charge in [0, 0.05) is 19.1 Å². The molecule has 0 aliphatic rings. The summed E-state index contributed by atoms with van der Waals surface area (Å²) < 4.78 is 5.44. The van der Waals surface area contributed by atoms with Gasteiger partial charge in [-0.25, -0.2) is 0 Å². The monoisotopic (exact) mass is 227 g/mol. The molecule has 2 heteroatoms. The van der Waals surface area contributed by atoms with E-state index in [0.717, 1.165) is 5.92 Å². The molecule has 0 saturated heterocycles. The molecule has 16 heavy (non-hydrogen) atoms. The maximum atomic E-state index is 5.87. The number of ether oxygens (including phenoxy) is 1. The molecule has 0 aromatic rings. The van der Waals surface area contributed by atoms with Crippen LogP contribution in [0.5, 0.6) is 0 Å². The van der Waals surface area contributed by atoms with Gasteiger partial charge in [0.1, 0.15) is 0 Å². The summed E-state index contributed by atoms with van der Waals surface area (Å²) in [5.41, 5.74) is 7.13. The second kappa shape index (κ2) is 7.86. The van der Waals surface area contributed by atoms with E-state index in [4.69, 9.17) is 10.5 Å². The van der Waals surface area contributed by atoms with Gasteiger partial charge in [0.2, 0.25) is 0 Å². The maximum Gasteiger partial charge on any atom is 0.0605 e. The normalized spacial score (nSPS) is 18.6. The van der Waals surface area contributed by atoms with Crippen LogP contribution in [0.15, 0.2) is 11.6 Å². The lowest BCUT2D eigenvalue weighted by molar-refractivity contribution is 0.0785. The molecule has 0 heterocycles. The molecule has 0 amide bonds. The topological polar surface area (TPSA) is 35.2 Å². The third kappa shape index (κ3) is 6.29. The molecule has 2 nitrogen and oxygen atoms in total. The van der Waals surface area contributed by atoms with E-state index in [1.54, 1.807) is 7.11 Å². The summed E-state index contributed by atoms with van der Waals surface area (Å²) in [7, 11) is 1.78. The molecule has 2 N–H and O–H groups in total. The Kier molecular flexibility index (Phi) is 7.69. The fourth-order valence-electron chi connectivity index (χ4n) is 1.64. The van der Waals surface area contributed by atoms with Crippen molar-refractivity contribution in [2.75, 3.05) is 7.11 Å². The molecule has 3 atom stereocenters. The Balaban J connectivity index is 4.48. The molecule has 96 valence electrons. The van der Waals surface area contributed by atoms with E-state index in [-0.39, 0.29) is 12.1 Å². The van der Waals surface area contributed by atoms with Crippen LogP contribution in [0.25, 0.3) is 0 Å². The van der Waals surface area contributed by atoms with E-state index in [2.05, 4.69) is 33.8 Å². The molecule has 0 aromatic heterocycles. The van der Waals surface area contributed by atoms with E-state index in [0.29, 0.717) is 5.92 Å². The Morgan fingerprint density at radius 3 is 2.12 bits per heavy atom. The minimum absolute atomic E-state index is 0.144. The van der Waals surface area contributed by atoms with Gasteiger partial charge in [0.05, 0.1) is 6.10 Å². The second-order valence-corrected chi connectivity index (χ2v) is 5.28. The van der Waals surface area contributed by atoms with Gasteiger partial charge in [-0.1, -0.05) is 31.9 Å². The molecular weight excluding hydrogens is 198 g/mol. The van der Waals surface area contributed by atoms with Crippen molar-refractivity contribution in [1.29, 1.82) is 0 Å². The molecule has 2 unspecified atom stereocenters. The zero-order chi connectivity index (χ0) is 12.7. The van der Waals surface area contributed by atoms with E-state index in [1.807, 2.05) is 6.92 Å². The Morgan fingerprint density at radius 1 is 1.19 bits per heavy atom. The summed E-state index contributed by atoms with van der Waals surface area (Å²) >= 11 is 0. The molecular formula is C14H29NO. The largest absolute Gasteiger partial charge is 0.381 e. The van der Waals surface area contributed by atoms with Crippen molar-refractivity contribution in [2.45, 2.75) is 59.6 Å². The van der Waals surface area contributed by atoms with Gasteiger partial charge in [-0.15, -0.1) is 0 Å². The zero-order valence-corrected chi connectivity index (χ0v) is 11.8. The lowest BCUT2D eigenvalue weighted by Gasteiger charge is -2.22. The molecule has 0 aromatic carbocycles. The first-order valence-electron chi connectivity index (χ1n) is 6.35. The number of nitrogens with two attached hydrogens (primary N) is 1. The quantitative estimate of drug-likeness (QED) is 0.677. The van der Waals surface area contributed by atoms with Gasteiger partial charge in [-0.2, -0.15) is 0 Å². The van der Waals surface area contributed by atoms with E-state index in [1.165, 1.54) is 18.4 Å². The molecule has 0 radical (unpaired) electrons. The van der Waals surface area contributed by atoms with E-state index in [9.17, 15) is 0 Å². The summed E-state index contributed by atoms with van der Waals surface area (Å²) in [6.45, 7) is 10.8. The van der Waals surface area contributed by atoms with Crippen LogP contribution in [0.2, 0.25) is 0 Å². The van der Waals surface area contributed by atoms with Crippen molar-refractivity contribution >= 4 is 0 Å². The van der Waals surface area contributed by atoms with Crippen LogP contribution in [0.1, 0.15) is 47.5 Å². The van der Waals surface area contributed by atoms with Gasteiger partial charge in [0.25, 0.3) is 0 Å². The Hall–Kier alpha value is -0.340. The highest BCUT2D eigenvalue weighted by molar-refractivity contribution is 5.08. The Labute approximate surface area is 101 Å². The number of hydrogen-bond donors (Lipinski definition) is 1. The zero-order valence-electron chi connectivity index (χ0n) is 11.8. The minimum atomic E-state index is 0.144. The molecule has 0 saturated carbocycles. The lowest BCUT2D eigenvalue weighted by Crippen LogP contribution is -2.22. The summed E-state index contributed by atoms with van der Waals surface area (Å²) in [4.78, 5) is 0. The van der Waals surface area contributed by atoms with Gasteiger partial charge in [-0.05, 0) is 33.1 Å². The molecule has 0 rings (SSSR count). The second-order valence-electron chi connectivity index (χ2n) is 5.28. The Morgan fingerprint density at radius 2 is 1.75 bits per heavy atom. The van der Waals surface area contributed by atoms with Crippen LogP contribution in [-0.4, -0.2) is 19.3 Å². The smallest absolute Gasteiger partial charge is 0.0605 e. The van der Waals surface area contributed by atoms with Crippen molar-refractivity contribution in [1.82, 2.24) is 0 Å². The van der Waals surface area contributed by atoms with Crippen molar-refractivity contribution < 1.29 is 4.74 Å². The standard InChI is InChI=1S/C14H29NO/c1-10(2)7-8-14(13(5)16-6)9-11(3)12(4)15/h9-10,12-14H,7-8,15H2,1-6H3/b11-9-/t12-,13?,14?/m1/s1. The predicted octanol–water partition coefficient (Wildman–Crippen LogP) is 3.37. The molecule has 0 fully saturated rings. The average Bonchev–Trinajstić information content (AvgIpc) is 2.22. The molecule has 0 spiro atoms. The first-order chi connectivity index (χ1) is 7.38. The number of methoxy groups -OCH3 is 1. The minimum Gasteiger partial charge on any atom is -0.381 e.